The Morgan fingerprint density at radius 1 is 1.47 bits per heavy atom. The maximum Gasteiger partial charge on any atom is 0.346 e. The van der Waals surface area contributed by atoms with Crippen LogP contribution in [0.15, 0.2) is 27.6 Å². The summed E-state index contributed by atoms with van der Waals surface area (Å²) in [5.41, 5.74) is 0.519. The molecule has 2 heterocycles. The molecule has 0 amide bonds. The third-order valence-corrected chi connectivity index (χ3v) is 5.20. The molecule has 2 rings (SSSR count). The summed E-state index contributed by atoms with van der Waals surface area (Å²) in [6.45, 7) is 1.96. The van der Waals surface area contributed by atoms with Crippen LogP contribution in [0.5, 0.6) is 0 Å². The van der Waals surface area contributed by atoms with Gasteiger partial charge in [0.15, 0.2) is 0 Å². The van der Waals surface area contributed by atoms with E-state index in [2.05, 4.69) is 15.9 Å². The molecule has 0 atom stereocenters. The zero-order valence-electron chi connectivity index (χ0n) is 9.81. The minimum atomic E-state index is -1.20. The molecule has 0 saturated carbocycles. The molecule has 0 spiro atoms. The highest BCUT2D eigenvalue weighted by molar-refractivity contribution is 9.11. The second-order valence-corrected chi connectivity index (χ2v) is 7.44. The lowest BCUT2D eigenvalue weighted by Crippen LogP contribution is -1.97. The van der Waals surface area contributed by atoms with E-state index in [0.29, 0.717) is 0 Å². The van der Waals surface area contributed by atoms with E-state index in [1.165, 1.54) is 6.08 Å². The Morgan fingerprint density at radius 3 is 2.74 bits per heavy atom. The van der Waals surface area contributed by atoms with Gasteiger partial charge in [-0.05, 0) is 52.7 Å². The topological polar surface area (TPSA) is 61.1 Å². The van der Waals surface area contributed by atoms with Crippen LogP contribution in [0.2, 0.25) is 0 Å². The number of nitrogens with zero attached hydrogens (tertiary/aromatic N) is 1. The zero-order chi connectivity index (χ0) is 14.0. The van der Waals surface area contributed by atoms with E-state index in [-0.39, 0.29) is 5.57 Å². The van der Waals surface area contributed by atoms with Gasteiger partial charge >= 0.3 is 5.97 Å². The van der Waals surface area contributed by atoms with Gasteiger partial charge in [-0.2, -0.15) is 5.26 Å². The van der Waals surface area contributed by atoms with Crippen molar-refractivity contribution in [2.75, 3.05) is 0 Å². The third kappa shape index (κ3) is 3.13. The fraction of sp³-hybridized carbons (Fsp3) is 0.0769. The van der Waals surface area contributed by atoms with Gasteiger partial charge in [-0.25, -0.2) is 4.79 Å². The van der Waals surface area contributed by atoms with Crippen molar-refractivity contribution < 1.29 is 9.90 Å². The van der Waals surface area contributed by atoms with Gasteiger partial charge in [-0.1, -0.05) is 0 Å². The molecule has 0 aliphatic carbocycles. The Morgan fingerprint density at radius 2 is 2.21 bits per heavy atom. The zero-order valence-corrected chi connectivity index (χ0v) is 13.0. The normalized spacial score (nSPS) is 11.3. The summed E-state index contributed by atoms with van der Waals surface area (Å²) in [7, 11) is 0. The summed E-state index contributed by atoms with van der Waals surface area (Å²) in [5, 5.41) is 17.7. The molecule has 1 N–H and O–H groups in total. The number of hydrogen-bond acceptors (Lipinski definition) is 4. The lowest BCUT2D eigenvalue weighted by atomic mass is 10.1. The average Bonchev–Trinajstić information content (AvgIpc) is 2.91. The maximum atomic E-state index is 10.9. The van der Waals surface area contributed by atoms with Gasteiger partial charge in [0.05, 0.1) is 8.66 Å². The van der Waals surface area contributed by atoms with Crippen LogP contribution < -0.4 is 0 Å². The second kappa shape index (κ2) is 5.70. The van der Waals surface area contributed by atoms with Crippen LogP contribution >= 0.6 is 38.6 Å². The summed E-state index contributed by atoms with van der Waals surface area (Å²) in [4.78, 5) is 14.0. The van der Waals surface area contributed by atoms with Crippen molar-refractivity contribution >= 4 is 50.6 Å². The molecule has 0 saturated heterocycles. The predicted molar refractivity (Wildman–Crippen MR) is 81.3 cm³/mol. The van der Waals surface area contributed by atoms with Crippen LogP contribution in [-0.2, 0) is 4.79 Å². The van der Waals surface area contributed by atoms with E-state index in [4.69, 9.17) is 10.4 Å². The minimum absolute atomic E-state index is 0.255. The number of carbonyl (C=O) groups is 1. The Hall–Kier alpha value is -1.42. The van der Waals surface area contributed by atoms with E-state index in [9.17, 15) is 4.79 Å². The fourth-order valence-corrected chi connectivity index (χ4v) is 4.08. The first kappa shape index (κ1) is 14.0. The van der Waals surface area contributed by atoms with Crippen molar-refractivity contribution in [1.29, 1.82) is 5.26 Å². The van der Waals surface area contributed by atoms with Crippen LogP contribution in [0.4, 0.5) is 0 Å². The quantitative estimate of drug-likeness (QED) is 0.650. The molecule has 0 aliphatic rings. The van der Waals surface area contributed by atoms with Gasteiger partial charge < -0.3 is 5.11 Å². The van der Waals surface area contributed by atoms with Gasteiger partial charge in [-0.15, -0.1) is 22.7 Å². The molecule has 0 fully saturated rings. The molecule has 2 aromatic rings. The summed E-state index contributed by atoms with van der Waals surface area (Å²) in [6, 6.07) is 7.53. The number of halogens is 1. The summed E-state index contributed by atoms with van der Waals surface area (Å²) >= 11 is 6.58. The molecule has 2 aromatic heterocycles. The van der Waals surface area contributed by atoms with Crippen LogP contribution in [-0.4, -0.2) is 11.1 Å². The van der Waals surface area contributed by atoms with Crippen molar-refractivity contribution in [2.24, 2.45) is 0 Å². The number of nitriles is 1. The molecule has 0 aromatic carbocycles. The van der Waals surface area contributed by atoms with Gasteiger partial charge in [0.25, 0.3) is 0 Å². The molecule has 0 bridgehead atoms. The number of carboxylic acid groups (broad SMARTS) is 1. The van der Waals surface area contributed by atoms with Crippen molar-refractivity contribution in [3.63, 3.8) is 0 Å². The first-order valence-electron chi connectivity index (χ1n) is 5.22. The average molecular weight is 354 g/mol. The Bertz CT molecular complexity index is 707. The molecule has 0 radical (unpaired) electrons. The lowest BCUT2D eigenvalue weighted by Gasteiger charge is -1.96. The van der Waals surface area contributed by atoms with Crippen LogP contribution in [0.25, 0.3) is 15.8 Å². The monoisotopic (exact) mass is 353 g/mol. The highest BCUT2D eigenvalue weighted by atomic mass is 79.9. The first-order valence-corrected chi connectivity index (χ1v) is 7.65. The molecule has 3 nitrogen and oxygen atoms in total. The Labute approximate surface area is 126 Å². The third-order valence-electron chi connectivity index (χ3n) is 2.33. The van der Waals surface area contributed by atoms with Crippen LogP contribution in [0.1, 0.15) is 10.4 Å². The number of aliphatic carboxylic acids is 1. The highest BCUT2D eigenvalue weighted by Gasteiger charge is 2.13. The molecule has 6 heteroatoms. The van der Waals surface area contributed by atoms with E-state index in [1.54, 1.807) is 28.7 Å². The van der Waals surface area contributed by atoms with Crippen LogP contribution in [0, 0.1) is 18.3 Å². The van der Waals surface area contributed by atoms with Gasteiger partial charge in [-0.3, -0.25) is 0 Å². The fourth-order valence-electron chi connectivity index (χ4n) is 1.57. The minimum Gasteiger partial charge on any atom is -0.477 e. The molecular formula is C13H8BrNO2S2. The van der Waals surface area contributed by atoms with E-state index < -0.39 is 5.97 Å². The smallest absolute Gasteiger partial charge is 0.346 e. The van der Waals surface area contributed by atoms with E-state index >= 15 is 0 Å². The Kier molecular flexibility index (Phi) is 4.20. The predicted octanol–water partition coefficient (Wildman–Crippen LogP) is 4.54. The SMILES string of the molecule is Cc1cc(C=C(C#N)C(=O)O)c(-c2ccc(Br)s2)s1. The van der Waals surface area contributed by atoms with Gasteiger partial charge in [0.2, 0.25) is 0 Å². The molecular weight excluding hydrogens is 346 g/mol. The molecule has 96 valence electrons. The van der Waals surface area contributed by atoms with Crippen LogP contribution in [0.3, 0.4) is 0 Å². The van der Waals surface area contributed by atoms with Crippen molar-refractivity contribution in [3.8, 4) is 15.8 Å². The highest BCUT2D eigenvalue weighted by Crippen LogP contribution is 2.39. The van der Waals surface area contributed by atoms with Crippen molar-refractivity contribution in [1.82, 2.24) is 0 Å². The summed E-state index contributed by atoms with van der Waals surface area (Å²) < 4.78 is 1.02. The van der Waals surface area contributed by atoms with Gasteiger partial charge in [0.1, 0.15) is 11.6 Å². The summed E-state index contributed by atoms with van der Waals surface area (Å²) in [6.07, 6.45) is 1.43. The van der Waals surface area contributed by atoms with Crippen molar-refractivity contribution in [3.05, 3.63) is 38.0 Å². The summed E-state index contributed by atoms with van der Waals surface area (Å²) in [5.74, 6) is -1.20. The molecule has 0 aliphatic heterocycles. The number of carboxylic acids is 1. The van der Waals surface area contributed by atoms with E-state index in [1.807, 2.05) is 25.1 Å². The number of aryl methyl sites for hydroxylation is 1. The molecule has 19 heavy (non-hydrogen) atoms. The first-order chi connectivity index (χ1) is 9.01. The van der Waals surface area contributed by atoms with Crippen molar-refractivity contribution in [2.45, 2.75) is 6.92 Å². The number of rotatable bonds is 3. The van der Waals surface area contributed by atoms with E-state index in [0.717, 1.165) is 24.0 Å². The largest absolute Gasteiger partial charge is 0.477 e. The lowest BCUT2D eigenvalue weighted by molar-refractivity contribution is -0.132. The molecule has 0 unspecified atom stereocenters. The second-order valence-electron chi connectivity index (χ2n) is 3.72. The maximum absolute atomic E-state index is 10.9. The Balaban J connectivity index is 2.54. The van der Waals surface area contributed by atoms with Gasteiger partial charge in [0, 0.05) is 9.75 Å². The standard InChI is InChI=1S/C13H8BrNO2S2/c1-7-4-8(5-9(6-15)13(16)17)12(18-7)10-2-3-11(14)19-10/h2-5H,1H3,(H,16,17). The number of thiophene rings is 2. The number of hydrogen-bond donors (Lipinski definition) is 1.